The van der Waals surface area contributed by atoms with Crippen LogP contribution >= 0.6 is 11.8 Å². The predicted octanol–water partition coefficient (Wildman–Crippen LogP) is 3.52. The molecule has 0 amide bonds. The van der Waals surface area contributed by atoms with Crippen LogP contribution < -0.4 is 5.73 Å². The van der Waals surface area contributed by atoms with Crippen LogP contribution in [-0.2, 0) is 5.75 Å². The van der Waals surface area contributed by atoms with E-state index in [2.05, 4.69) is 11.2 Å². The van der Waals surface area contributed by atoms with E-state index in [9.17, 15) is 4.39 Å². The molecule has 0 bridgehead atoms. The summed E-state index contributed by atoms with van der Waals surface area (Å²) in [5, 5.41) is 11.4. The second-order valence-corrected chi connectivity index (χ2v) is 5.45. The Labute approximate surface area is 121 Å². The van der Waals surface area contributed by atoms with Gasteiger partial charge in [0.05, 0.1) is 0 Å². The minimum atomic E-state index is -0.353. The standard InChI is InChI=1S/C15H15FN2OS/c1-10-3-2-4-13(7-10)20-9-12-6-5-11(8-14(12)16)15(17)18-19/h2-8,19H,9H2,1H3,(H2,17,18). The zero-order valence-corrected chi connectivity index (χ0v) is 11.8. The lowest BCUT2D eigenvalue weighted by atomic mass is 10.1. The van der Waals surface area contributed by atoms with Crippen molar-refractivity contribution >= 4 is 17.6 Å². The molecule has 0 saturated heterocycles. The van der Waals surface area contributed by atoms with Crippen molar-refractivity contribution in [2.45, 2.75) is 17.6 Å². The lowest BCUT2D eigenvalue weighted by Gasteiger charge is -2.06. The van der Waals surface area contributed by atoms with Crippen LogP contribution in [0.3, 0.4) is 0 Å². The molecule has 2 aromatic carbocycles. The third kappa shape index (κ3) is 3.51. The summed E-state index contributed by atoms with van der Waals surface area (Å²) in [4.78, 5) is 1.10. The zero-order chi connectivity index (χ0) is 14.5. The van der Waals surface area contributed by atoms with Gasteiger partial charge in [0.1, 0.15) is 5.82 Å². The van der Waals surface area contributed by atoms with Gasteiger partial charge in [-0.3, -0.25) is 0 Å². The first-order valence-corrected chi connectivity index (χ1v) is 7.04. The Kier molecular flexibility index (Phi) is 4.63. The van der Waals surface area contributed by atoms with Crippen LogP contribution in [-0.4, -0.2) is 11.0 Å². The van der Waals surface area contributed by atoms with E-state index in [0.717, 1.165) is 4.90 Å². The van der Waals surface area contributed by atoms with Gasteiger partial charge in [0, 0.05) is 16.2 Å². The molecule has 0 saturated carbocycles. The average molecular weight is 290 g/mol. The van der Waals surface area contributed by atoms with Crippen LogP contribution in [0, 0.1) is 12.7 Å². The third-order valence-electron chi connectivity index (χ3n) is 2.84. The van der Waals surface area contributed by atoms with Crippen LogP contribution in [0.5, 0.6) is 0 Å². The number of hydrogen-bond donors (Lipinski definition) is 2. The molecule has 0 radical (unpaired) electrons. The van der Waals surface area contributed by atoms with E-state index in [4.69, 9.17) is 10.9 Å². The second-order valence-electron chi connectivity index (χ2n) is 4.40. The average Bonchev–Trinajstić information content (AvgIpc) is 2.45. The van der Waals surface area contributed by atoms with Crippen molar-refractivity contribution in [2.75, 3.05) is 0 Å². The van der Waals surface area contributed by atoms with Crippen molar-refractivity contribution in [3.63, 3.8) is 0 Å². The van der Waals surface area contributed by atoms with Gasteiger partial charge in [-0.1, -0.05) is 35.0 Å². The molecule has 2 rings (SSSR count). The Morgan fingerprint density at radius 3 is 2.75 bits per heavy atom. The predicted molar refractivity (Wildman–Crippen MR) is 79.7 cm³/mol. The van der Waals surface area contributed by atoms with E-state index in [0.29, 0.717) is 16.9 Å². The van der Waals surface area contributed by atoms with Gasteiger partial charge in [-0.05, 0) is 30.7 Å². The Morgan fingerprint density at radius 2 is 2.10 bits per heavy atom. The van der Waals surface area contributed by atoms with Crippen LogP contribution in [0.25, 0.3) is 0 Å². The molecule has 5 heteroatoms. The quantitative estimate of drug-likeness (QED) is 0.298. The first-order valence-electron chi connectivity index (χ1n) is 6.06. The number of hydrogen-bond acceptors (Lipinski definition) is 3. The highest BCUT2D eigenvalue weighted by molar-refractivity contribution is 7.98. The normalized spacial score (nSPS) is 11.6. The number of halogens is 1. The molecule has 3 N–H and O–H groups in total. The fourth-order valence-corrected chi connectivity index (χ4v) is 2.75. The summed E-state index contributed by atoms with van der Waals surface area (Å²) in [7, 11) is 0. The van der Waals surface area contributed by atoms with Crippen molar-refractivity contribution < 1.29 is 9.60 Å². The van der Waals surface area contributed by atoms with Gasteiger partial charge < -0.3 is 10.9 Å². The van der Waals surface area contributed by atoms with Crippen LogP contribution in [0.4, 0.5) is 4.39 Å². The highest BCUT2D eigenvalue weighted by atomic mass is 32.2. The minimum absolute atomic E-state index is 0.0956. The molecular weight excluding hydrogens is 275 g/mol. The van der Waals surface area contributed by atoms with E-state index < -0.39 is 0 Å². The van der Waals surface area contributed by atoms with E-state index in [-0.39, 0.29) is 11.7 Å². The molecule has 3 nitrogen and oxygen atoms in total. The molecular formula is C15H15FN2OS. The number of thioether (sulfide) groups is 1. The molecule has 0 aromatic heterocycles. The topological polar surface area (TPSA) is 58.6 Å². The van der Waals surface area contributed by atoms with Crippen molar-refractivity contribution in [1.82, 2.24) is 0 Å². The maximum Gasteiger partial charge on any atom is 0.170 e. The highest BCUT2D eigenvalue weighted by Crippen LogP contribution is 2.25. The molecule has 0 spiro atoms. The van der Waals surface area contributed by atoms with Gasteiger partial charge in [0.2, 0.25) is 0 Å². The smallest absolute Gasteiger partial charge is 0.170 e. The SMILES string of the molecule is Cc1cccc(SCc2ccc(C(N)=NO)cc2F)c1. The van der Waals surface area contributed by atoms with Crippen molar-refractivity contribution in [2.24, 2.45) is 10.9 Å². The fraction of sp³-hybridized carbons (Fsp3) is 0.133. The summed E-state index contributed by atoms with van der Waals surface area (Å²) in [6, 6.07) is 12.6. The van der Waals surface area contributed by atoms with Crippen LogP contribution in [0.2, 0.25) is 0 Å². The van der Waals surface area contributed by atoms with E-state index in [1.165, 1.54) is 11.6 Å². The maximum atomic E-state index is 13.9. The Bertz CT molecular complexity index is 644. The van der Waals surface area contributed by atoms with Gasteiger partial charge in [-0.2, -0.15) is 0 Å². The molecule has 2 aromatic rings. The van der Waals surface area contributed by atoms with Gasteiger partial charge in [0.25, 0.3) is 0 Å². The van der Waals surface area contributed by atoms with Gasteiger partial charge >= 0.3 is 0 Å². The number of aryl methyl sites for hydroxylation is 1. The molecule has 0 aliphatic carbocycles. The molecule has 0 aliphatic heterocycles. The molecule has 0 aliphatic rings. The number of benzene rings is 2. The molecule has 20 heavy (non-hydrogen) atoms. The molecule has 0 heterocycles. The zero-order valence-electron chi connectivity index (χ0n) is 11.0. The maximum absolute atomic E-state index is 13.9. The van der Waals surface area contributed by atoms with Crippen molar-refractivity contribution in [1.29, 1.82) is 0 Å². The first kappa shape index (κ1) is 14.4. The number of oxime groups is 1. The first-order chi connectivity index (χ1) is 9.60. The van der Waals surface area contributed by atoms with E-state index in [1.54, 1.807) is 23.9 Å². The molecule has 0 atom stereocenters. The summed E-state index contributed by atoms with van der Waals surface area (Å²) in [6.07, 6.45) is 0. The molecule has 0 fully saturated rings. The summed E-state index contributed by atoms with van der Waals surface area (Å²) < 4.78 is 13.9. The Balaban J connectivity index is 2.11. The number of amidine groups is 1. The highest BCUT2D eigenvalue weighted by Gasteiger charge is 2.07. The Morgan fingerprint density at radius 1 is 1.30 bits per heavy atom. The number of nitrogens with zero attached hydrogens (tertiary/aromatic N) is 1. The lowest BCUT2D eigenvalue weighted by molar-refractivity contribution is 0.318. The van der Waals surface area contributed by atoms with E-state index >= 15 is 0 Å². The molecule has 0 unspecified atom stereocenters. The third-order valence-corrected chi connectivity index (χ3v) is 3.88. The van der Waals surface area contributed by atoms with Crippen molar-refractivity contribution in [3.05, 3.63) is 65.0 Å². The molecule has 104 valence electrons. The Hall–Kier alpha value is -2.01. The van der Waals surface area contributed by atoms with Gasteiger partial charge in [0.15, 0.2) is 5.84 Å². The minimum Gasteiger partial charge on any atom is -0.409 e. The lowest BCUT2D eigenvalue weighted by Crippen LogP contribution is -2.13. The fourth-order valence-electron chi connectivity index (χ4n) is 1.75. The summed E-state index contributed by atoms with van der Waals surface area (Å²) in [5.41, 5.74) is 7.56. The van der Waals surface area contributed by atoms with Crippen LogP contribution in [0.15, 0.2) is 52.5 Å². The summed E-state index contributed by atoms with van der Waals surface area (Å²) >= 11 is 1.57. The van der Waals surface area contributed by atoms with Crippen molar-refractivity contribution in [3.8, 4) is 0 Å². The van der Waals surface area contributed by atoms with Crippen LogP contribution in [0.1, 0.15) is 16.7 Å². The van der Waals surface area contributed by atoms with E-state index in [1.807, 2.05) is 25.1 Å². The van der Waals surface area contributed by atoms with Gasteiger partial charge in [-0.15, -0.1) is 11.8 Å². The monoisotopic (exact) mass is 290 g/mol. The summed E-state index contributed by atoms with van der Waals surface area (Å²) in [6.45, 7) is 2.02. The largest absolute Gasteiger partial charge is 0.409 e. The number of nitrogens with two attached hydrogens (primary N) is 1. The van der Waals surface area contributed by atoms with Gasteiger partial charge in [-0.25, -0.2) is 4.39 Å². The number of rotatable bonds is 4. The summed E-state index contributed by atoms with van der Waals surface area (Å²) in [5.74, 6) is 0.0854. The second kappa shape index (κ2) is 6.43.